The van der Waals surface area contributed by atoms with E-state index in [2.05, 4.69) is 10.3 Å². The number of benzene rings is 1. The molecule has 188 valence electrons. The highest BCUT2D eigenvalue weighted by Crippen LogP contribution is 2.46. The third kappa shape index (κ3) is 5.08. The first-order valence-electron chi connectivity index (χ1n) is 11.4. The van der Waals surface area contributed by atoms with Crippen LogP contribution in [0.3, 0.4) is 0 Å². The number of fused-ring (bicyclic) bond motifs is 1. The number of ether oxygens (including phenoxy) is 3. The third-order valence-electron chi connectivity index (χ3n) is 5.93. The van der Waals surface area contributed by atoms with Crippen LogP contribution in [0.25, 0.3) is 0 Å². The Morgan fingerprint density at radius 3 is 2.50 bits per heavy atom. The van der Waals surface area contributed by atoms with Crippen molar-refractivity contribution in [2.24, 2.45) is 4.99 Å². The van der Waals surface area contributed by atoms with E-state index >= 15 is 0 Å². The second-order valence-corrected chi connectivity index (χ2v) is 8.86. The molecule has 3 heterocycles. The van der Waals surface area contributed by atoms with Gasteiger partial charge in [0, 0.05) is 24.6 Å². The minimum Gasteiger partial charge on any atom is -0.493 e. The van der Waals surface area contributed by atoms with Crippen LogP contribution in [-0.4, -0.2) is 48.3 Å². The van der Waals surface area contributed by atoms with E-state index in [-0.39, 0.29) is 12.3 Å². The molecular weight excluding hydrogens is 480 g/mol. The minimum absolute atomic E-state index is 0.122. The molecule has 1 aromatic heterocycles. The van der Waals surface area contributed by atoms with Crippen LogP contribution in [0.5, 0.6) is 11.5 Å². The van der Waals surface area contributed by atoms with Gasteiger partial charge in [-0.15, -0.1) is 0 Å². The van der Waals surface area contributed by atoms with Crippen molar-refractivity contribution in [1.29, 1.82) is 0 Å². The van der Waals surface area contributed by atoms with Crippen molar-refractivity contribution in [2.75, 3.05) is 21.3 Å². The Morgan fingerprint density at radius 1 is 1.08 bits per heavy atom. The quantitative estimate of drug-likeness (QED) is 0.508. The Bertz CT molecular complexity index is 1240. The van der Waals surface area contributed by atoms with Gasteiger partial charge in [0.05, 0.1) is 45.1 Å². The predicted molar refractivity (Wildman–Crippen MR) is 137 cm³/mol. The number of thioether (sulfide) groups is 1. The van der Waals surface area contributed by atoms with Gasteiger partial charge < -0.3 is 24.4 Å². The fraction of sp³-hybridized carbons (Fsp3) is 0.308. The third-order valence-corrected chi connectivity index (χ3v) is 6.82. The molecule has 0 aliphatic carbocycles. The maximum Gasteiger partial charge on any atom is 0.338 e. The number of nitrogens with one attached hydrogen (secondary N) is 1. The maximum atomic E-state index is 13.0. The normalized spacial score (nSPS) is 16.7. The number of carbonyl (C=O) groups excluding carboxylic acids is 2. The zero-order chi connectivity index (χ0) is 25.7. The Kier molecular flexibility index (Phi) is 7.94. The summed E-state index contributed by atoms with van der Waals surface area (Å²) in [4.78, 5) is 36.6. The van der Waals surface area contributed by atoms with Crippen LogP contribution < -0.4 is 14.8 Å². The average molecular weight is 509 g/mol. The second-order valence-electron chi connectivity index (χ2n) is 8.02. The number of carbonyl (C=O) groups is 2. The zero-order valence-corrected chi connectivity index (χ0v) is 21.4. The van der Waals surface area contributed by atoms with Crippen LogP contribution in [0.15, 0.2) is 70.1 Å². The van der Waals surface area contributed by atoms with E-state index < -0.39 is 12.0 Å². The summed E-state index contributed by atoms with van der Waals surface area (Å²) >= 11 is 1.43. The molecule has 9 nitrogen and oxygen atoms in total. The highest BCUT2D eigenvalue weighted by atomic mass is 32.2. The lowest BCUT2D eigenvalue weighted by Gasteiger charge is -2.36. The van der Waals surface area contributed by atoms with Crippen molar-refractivity contribution in [2.45, 2.75) is 32.4 Å². The van der Waals surface area contributed by atoms with Crippen molar-refractivity contribution in [3.05, 3.63) is 76.2 Å². The average Bonchev–Trinajstić information content (AvgIpc) is 3.32. The first kappa shape index (κ1) is 25.3. The topological polar surface area (TPSA) is 102 Å². The number of pyridine rings is 1. The molecule has 1 aromatic carbocycles. The molecule has 0 saturated carbocycles. The monoisotopic (exact) mass is 508 g/mol. The van der Waals surface area contributed by atoms with Crippen LogP contribution >= 0.6 is 11.8 Å². The van der Waals surface area contributed by atoms with Crippen LogP contribution in [0.4, 0.5) is 0 Å². The molecule has 1 atom stereocenters. The van der Waals surface area contributed by atoms with Crippen molar-refractivity contribution in [1.82, 2.24) is 15.2 Å². The summed E-state index contributed by atoms with van der Waals surface area (Å²) in [7, 11) is 4.49. The Labute approximate surface area is 214 Å². The standard InChI is InChI=1S/C26H28N4O5S/c1-5-19-23(25(32)35-4)24(17-6-7-20(33-2)21(12-17)34-3)30-18(15-36-26(30)29-19)13-22(31)28-14-16-8-10-27-11-9-16/h6-12,15,24H,5,13-14H2,1-4H3,(H,28,31). The molecule has 36 heavy (non-hydrogen) atoms. The number of rotatable bonds is 9. The number of methoxy groups -OCH3 is 3. The SMILES string of the molecule is CCC1=C(C(=O)OC)C(c2ccc(OC)c(OC)c2)N2C(CC(=O)NCc3ccncc3)=CSC2=N1. The van der Waals surface area contributed by atoms with Gasteiger partial charge >= 0.3 is 5.97 Å². The zero-order valence-electron chi connectivity index (χ0n) is 20.6. The van der Waals surface area contributed by atoms with Gasteiger partial charge in [-0.25, -0.2) is 9.79 Å². The molecule has 0 fully saturated rings. The molecule has 4 rings (SSSR count). The number of hydrogen-bond acceptors (Lipinski definition) is 9. The highest BCUT2D eigenvalue weighted by Gasteiger charge is 2.41. The van der Waals surface area contributed by atoms with E-state index in [0.29, 0.717) is 40.9 Å². The lowest BCUT2D eigenvalue weighted by atomic mass is 9.92. The van der Waals surface area contributed by atoms with E-state index in [1.165, 1.54) is 18.9 Å². The first-order valence-corrected chi connectivity index (χ1v) is 12.3. The first-order chi connectivity index (χ1) is 17.5. The van der Waals surface area contributed by atoms with Crippen LogP contribution in [0.1, 0.15) is 36.9 Å². The molecule has 0 bridgehead atoms. The molecule has 1 N–H and O–H groups in total. The van der Waals surface area contributed by atoms with E-state index in [1.807, 2.05) is 41.5 Å². The highest BCUT2D eigenvalue weighted by molar-refractivity contribution is 8.16. The van der Waals surface area contributed by atoms with Gasteiger partial charge in [-0.1, -0.05) is 24.8 Å². The van der Waals surface area contributed by atoms with E-state index in [4.69, 9.17) is 19.2 Å². The largest absolute Gasteiger partial charge is 0.493 e. The molecule has 10 heteroatoms. The molecule has 0 radical (unpaired) electrons. The fourth-order valence-corrected chi connectivity index (χ4v) is 5.12. The summed E-state index contributed by atoms with van der Waals surface area (Å²) in [6, 6.07) is 8.69. The van der Waals surface area contributed by atoms with Crippen molar-refractivity contribution < 1.29 is 23.8 Å². The molecule has 2 aromatic rings. The van der Waals surface area contributed by atoms with E-state index in [0.717, 1.165) is 16.8 Å². The fourth-order valence-electron chi connectivity index (χ4n) is 4.18. The van der Waals surface area contributed by atoms with Gasteiger partial charge in [0.15, 0.2) is 16.7 Å². The Morgan fingerprint density at radius 2 is 1.83 bits per heavy atom. The molecular formula is C26H28N4O5S. The predicted octanol–water partition coefficient (Wildman–Crippen LogP) is 3.94. The molecule has 2 aliphatic rings. The van der Waals surface area contributed by atoms with Crippen LogP contribution in [-0.2, 0) is 20.9 Å². The van der Waals surface area contributed by atoms with Gasteiger partial charge in [-0.2, -0.15) is 0 Å². The molecule has 1 amide bonds. The number of amidine groups is 1. The summed E-state index contributed by atoms with van der Waals surface area (Å²) in [6.45, 7) is 2.35. The molecule has 0 saturated heterocycles. The number of allylic oxidation sites excluding steroid dienone is 1. The second kappa shape index (κ2) is 11.3. The number of aliphatic imine (C=N–C) groups is 1. The number of nitrogens with zero attached hydrogens (tertiary/aromatic N) is 3. The van der Waals surface area contributed by atoms with E-state index in [9.17, 15) is 9.59 Å². The lowest BCUT2D eigenvalue weighted by molar-refractivity contribution is -0.136. The Balaban J connectivity index is 1.68. The summed E-state index contributed by atoms with van der Waals surface area (Å²) in [5, 5.41) is 5.56. The number of esters is 1. The Hall–Kier alpha value is -3.79. The molecule has 2 aliphatic heterocycles. The summed E-state index contributed by atoms with van der Waals surface area (Å²) in [5.74, 6) is 0.504. The summed E-state index contributed by atoms with van der Waals surface area (Å²) in [5.41, 5.74) is 3.57. The summed E-state index contributed by atoms with van der Waals surface area (Å²) < 4.78 is 16.1. The van der Waals surface area contributed by atoms with Gasteiger partial charge in [0.2, 0.25) is 5.91 Å². The smallest absolute Gasteiger partial charge is 0.338 e. The lowest BCUT2D eigenvalue weighted by Crippen LogP contribution is -2.38. The van der Waals surface area contributed by atoms with Gasteiger partial charge in [0.25, 0.3) is 0 Å². The van der Waals surface area contributed by atoms with Crippen LogP contribution in [0.2, 0.25) is 0 Å². The van der Waals surface area contributed by atoms with Gasteiger partial charge in [-0.05, 0) is 47.2 Å². The van der Waals surface area contributed by atoms with Crippen molar-refractivity contribution in [3.63, 3.8) is 0 Å². The summed E-state index contributed by atoms with van der Waals surface area (Å²) in [6.07, 6.45) is 4.05. The molecule has 0 spiro atoms. The van der Waals surface area contributed by atoms with E-state index in [1.54, 1.807) is 32.7 Å². The maximum absolute atomic E-state index is 13.0. The van der Waals surface area contributed by atoms with Crippen molar-refractivity contribution in [3.8, 4) is 11.5 Å². The van der Waals surface area contributed by atoms with Crippen LogP contribution in [0, 0.1) is 0 Å². The number of aromatic nitrogens is 1. The minimum atomic E-state index is -0.547. The number of amides is 1. The molecule has 1 unspecified atom stereocenters. The number of hydrogen-bond donors (Lipinski definition) is 1. The van der Waals surface area contributed by atoms with Crippen molar-refractivity contribution >= 4 is 28.8 Å². The van der Waals surface area contributed by atoms with Gasteiger partial charge in [-0.3, -0.25) is 9.78 Å². The van der Waals surface area contributed by atoms with Gasteiger partial charge in [0.1, 0.15) is 0 Å².